The first-order chi connectivity index (χ1) is 19.0. The van der Waals surface area contributed by atoms with Crippen molar-refractivity contribution in [3.8, 4) is 0 Å². The predicted molar refractivity (Wildman–Crippen MR) is 162 cm³/mol. The normalized spacial score (nSPS) is 12.0. The van der Waals surface area contributed by atoms with Crippen LogP contribution in [0.15, 0.2) is 72.8 Å². The number of carbonyl (C=O) groups excluding carboxylic acids is 2. The summed E-state index contributed by atoms with van der Waals surface area (Å²) in [6, 6.07) is 22.5. The zero-order valence-corrected chi connectivity index (χ0v) is 25.0. The van der Waals surface area contributed by atoms with Gasteiger partial charge >= 0.3 is 0 Å². The van der Waals surface area contributed by atoms with E-state index in [1.807, 2.05) is 100 Å². The summed E-state index contributed by atoms with van der Waals surface area (Å²) in [5.74, 6) is -0.397. The molecule has 7 nitrogen and oxygen atoms in total. The summed E-state index contributed by atoms with van der Waals surface area (Å²) >= 11 is 0. The molecule has 0 aromatic heterocycles. The Morgan fingerprint density at radius 2 is 1.57 bits per heavy atom. The maximum atomic E-state index is 13.9. The molecule has 0 aliphatic carbocycles. The molecule has 0 saturated heterocycles. The van der Waals surface area contributed by atoms with Crippen molar-refractivity contribution in [2.45, 2.75) is 59.5 Å². The molecule has 1 atom stereocenters. The van der Waals surface area contributed by atoms with Gasteiger partial charge in [-0.05, 0) is 68.0 Å². The molecule has 0 saturated carbocycles. The highest BCUT2D eigenvalue weighted by Gasteiger charge is 2.30. The summed E-state index contributed by atoms with van der Waals surface area (Å²) in [6.07, 6.45) is 1.98. The molecule has 0 fully saturated rings. The molecule has 40 heavy (non-hydrogen) atoms. The number of anilines is 1. The maximum Gasteiger partial charge on any atom is 0.243 e. The van der Waals surface area contributed by atoms with Gasteiger partial charge in [0.1, 0.15) is 6.04 Å². The van der Waals surface area contributed by atoms with E-state index in [1.54, 1.807) is 4.90 Å². The van der Waals surface area contributed by atoms with Crippen molar-refractivity contribution in [3.63, 3.8) is 0 Å². The zero-order valence-electron chi connectivity index (χ0n) is 24.2. The van der Waals surface area contributed by atoms with E-state index in [0.717, 1.165) is 27.8 Å². The average Bonchev–Trinajstić information content (AvgIpc) is 2.91. The molecule has 3 aromatic rings. The fourth-order valence-electron chi connectivity index (χ4n) is 4.79. The van der Waals surface area contributed by atoms with Gasteiger partial charge in [0.2, 0.25) is 21.8 Å². The van der Waals surface area contributed by atoms with E-state index in [4.69, 9.17) is 0 Å². The summed E-state index contributed by atoms with van der Waals surface area (Å²) < 4.78 is 26.8. The largest absolute Gasteiger partial charge is 0.355 e. The topological polar surface area (TPSA) is 86.8 Å². The van der Waals surface area contributed by atoms with Crippen LogP contribution >= 0.6 is 0 Å². The molecule has 8 heteroatoms. The fourth-order valence-corrected chi connectivity index (χ4v) is 5.80. The van der Waals surface area contributed by atoms with Crippen LogP contribution in [0.1, 0.15) is 47.6 Å². The first-order valence-corrected chi connectivity index (χ1v) is 15.6. The Labute approximate surface area is 239 Å². The van der Waals surface area contributed by atoms with Crippen molar-refractivity contribution in [2.24, 2.45) is 0 Å². The molecule has 1 unspecified atom stereocenters. The van der Waals surface area contributed by atoms with Crippen LogP contribution in [0.25, 0.3) is 0 Å². The van der Waals surface area contributed by atoms with Crippen LogP contribution in [-0.2, 0) is 32.6 Å². The van der Waals surface area contributed by atoms with Crippen molar-refractivity contribution in [1.82, 2.24) is 10.2 Å². The minimum absolute atomic E-state index is 0.105. The number of carbonyl (C=O) groups is 2. The van der Waals surface area contributed by atoms with Gasteiger partial charge in [-0.3, -0.25) is 13.9 Å². The lowest BCUT2D eigenvalue weighted by atomic mass is 10.0. The second-order valence-electron chi connectivity index (χ2n) is 10.3. The van der Waals surface area contributed by atoms with Crippen molar-refractivity contribution in [2.75, 3.05) is 23.7 Å². The highest BCUT2D eigenvalue weighted by atomic mass is 32.2. The van der Waals surface area contributed by atoms with E-state index in [2.05, 4.69) is 5.32 Å². The third kappa shape index (κ3) is 8.42. The van der Waals surface area contributed by atoms with Gasteiger partial charge in [-0.1, -0.05) is 66.7 Å². The highest BCUT2D eigenvalue weighted by molar-refractivity contribution is 7.92. The number of sulfonamides is 1. The quantitative estimate of drug-likeness (QED) is 0.319. The van der Waals surface area contributed by atoms with Gasteiger partial charge in [0.15, 0.2) is 0 Å². The van der Waals surface area contributed by atoms with Crippen LogP contribution in [-0.4, -0.2) is 50.5 Å². The van der Waals surface area contributed by atoms with Gasteiger partial charge in [-0.15, -0.1) is 0 Å². The molecule has 0 heterocycles. The van der Waals surface area contributed by atoms with E-state index >= 15 is 0 Å². The Kier molecular flexibility index (Phi) is 10.9. The van der Waals surface area contributed by atoms with Gasteiger partial charge in [0.05, 0.1) is 11.9 Å². The number of rotatable bonds is 13. The number of aryl methyl sites for hydroxylation is 3. The Hall–Kier alpha value is -3.65. The Bertz CT molecular complexity index is 1410. The number of nitrogens with zero attached hydrogens (tertiary/aromatic N) is 2. The molecule has 0 spiro atoms. The van der Waals surface area contributed by atoms with Crippen LogP contribution in [0.2, 0.25) is 0 Å². The fraction of sp³-hybridized carbons (Fsp3) is 0.375. The monoisotopic (exact) mass is 563 g/mol. The van der Waals surface area contributed by atoms with Crippen LogP contribution < -0.4 is 9.62 Å². The minimum Gasteiger partial charge on any atom is -0.355 e. The second-order valence-corrected chi connectivity index (χ2v) is 12.2. The van der Waals surface area contributed by atoms with Gasteiger partial charge in [-0.25, -0.2) is 8.42 Å². The summed E-state index contributed by atoms with van der Waals surface area (Å²) in [7, 11) is -3.56. The molecule has 1 N–H and O–H groups in total. The van der Waals surface area contributed by atoms with Gasteiger partial charge in [0.25, 0.3) is 0 Å². The molecule has 2 amide bonds. The second kappa shape index (κ2) is 14.1. The third-order valence-corrected chi connectivity index (χ3v) is 8.19. The zero-order chi connectivity index (χ0) is 29.3. The van der Waals surface area contributed by atoms with Gasteiger partial charge < -0.3 is 10.2 Å². The summed E-state index contributed by atoms with van der Waals surface area (Å²) in [4.78, 5) is 28.9. The molecule has 3 rings (SSSR count). The average molecular weight is 564 g/mol. The Morgan fingerprint density at radius 1 is 0.900 bits per heavy atom. The summed E-state index contributed by atoms with van der Waals surface area (Å²) in [5, 5.41) is 2.91. The molecule has 0 aliphatic rings. The highest BCUT2D eigenvalue weighted by Crippen LogP contribution is 2.25. The summed E-state index contributed by atoms with van der Waals surface area (Å²) in [5.41, 5.74) is 5.39. The number of amides is 2. The van der Waals surface area contributed by atoms with E-state index < -0.39 is 16.1 Å². The number of hydrogen-bond donors (Lipinski definition) is 1. The minimum atomic E-state index is -3.56. The Balaban J connectivity index is 1.89. The van der Waals surface area contributed by atoms with E-state index in [-0.39, 0.29) is 31.3 Å². The molecular formula is C32H41N3O4S. The van der Waals surface area contributed by atoms with Crippen LogP contribution in [0, 0.1) is 20.8 Å². The van der Waals surface area contributed by atoms with Crippen LogP contribution in [0.3, 0.4) is 0 Å². The molecule has 214 valence electrons. The number of hydrogen-bond acceptors (Lipinski definition) is 4. The first-order valence-electron chi connectivity index (χ1n) is 13.7. The standard InChI is InChI=1S/C32H41N3O4S/c1-6-33-32(37)30(22-27-14-8-7-9-15-27)34(23-28-16-11-10-13-25(28)3)31(36)17-12-20-35(40(5,38)39)29-21-24(2)18-19-26(29)4/h7-11,13-16,18-19,21,30H,6,12,17,20,22-23H2,1-5H3,(H,33,37). The lowest BCUT2D eigenvalue weighted by Gasteiger charge is -2.32. The maximum absolute atomic E-state index is 13.9. The smallest absolute Gasteiger partial charge is 0.243 e. The number of likely N-dealkylation sites (N-methyl/N-ethyl adjacent to an activating group) is 1. The van der Waals surface area contributed by atoms with Crippen molar-refractivity contribution in [3.05, 3.63) is 101 Å². The van der Waals surface area contributed by atoms with Crippen molar-refractivity contribution >= 4 is 27.5 Å². The van der Waals surface area contributed by atoms with Crippen LogP contribution in [0.4, 0.5) is 5.69 Å². The predicted octanol–water partition coefficient (Wildman–Crippen LogP) is 4.93. The number of nitrogens with one attached hydrogen (secondary N) is 1. The van der Waals surface area contributed by atoms with E-state index in [1.165, 1.54) is 10.6 Å². The van der Waals surface area contributed by atoms with E-state index in [9.17, 15) is 18.0 Å². The van der Waals surface area contributed by atoms with Crippen LogP contribution in [0.5, 0.6) is 0 Å². The lowest BCUT2D eigenvalue weighted by Crippen LogP contribution is -2.50. The van der Waals surface area contributed by atoms with Gasteiger partial charge in [0, 0.05) is 32.5 Å². The first kappa shape index (κ1) is 30.9. The molecule has 0 bridgehead atoms. The van der Waals surface area contributed by atoms with Gasteiger partial charge in [-0.2, -0.15) is 0 Å². The molecule has 3 aromatic carbocycles. The lowest BCUT2D eigenvalue weighted by molar-refractivity contribution is -0.141. The Morgan fingerprint density at radius 3 is 2.23 bits per heavy atom. The SMILES string of the molecule is CCNC(=O)C(Cc1ccccc1)N(Cc1ccccc1C)C(=O)CCCN(c1cc(C)ccc1C)S(C)(=O)=O. The van der Waals surface area contributed by atoms with Crippen molar-refractivity contribution in [1.29, 1.82) is 0 Å². The molecule has 0 radical (unpaired) electrons. The van der Waals surface area contributed by atoms with E-state index in [0.29, 0.717) is 25.1 Å². The third-order valence-electron chi connectivity index (χ3n) is 7.01. The number of benzene rings is 3. The van der Waals surface area contributed by atoms with Crippen molar-refractivity contribution < 1.29 is 18.0 Å². The molecule has 0 aliphatic heterocycles. The molecular weight excluding hydrogens is 522 g/mol. The summed E-state index contributed by atoms with van der Waals surface area (Å²) in [6.45, 7) is 8.55.